The van der Waals surface area contributed by atoms with Crippen LogP contribution in [0.5, 0.6) is 5.75 Å². The number of aromatic nitrogens is 3. The average molecular weight is 494 g/mol. The molecule has 2 aromatic heterocycles. The van der Waals surface area contributed by atoms with E-state index in [0.29, 0.717) is 17.9 Å². The molecule has 3 aromatic carbocycles. The van der Waals surface area contributed by atoms with Crippen molar-refractivity contribution in [1.82, 2.24) is 25.4 Å². The lowest BCUT2D eigenvalue weighted by Crippen LogP contribution is -2.27. The standard InChI is InChI=1S/C30H31N5O2/c1-19-9-12-23(37-14-13-35(3)4)16-25(19)30(36)32-20(2)26-17-28(33-27-8-6-5-7-24(26)27)21-10-11-22-18-31-34-29(22)15-21/h5-12,15-18,20H,13-14H2,1-4H3,(H,31,34)(H,32,36). The first-order chi connectivity index (χ1) is 17.9. The molecule has 7 heteroatoms. The van der Waals surface area contributed by atoms with Gasteiger partial charge in [0.1, 0.15) is 12.4 Å². The normalized spacial score (nSPS) is 12.2. The van der Waals surface area contributed by atoms with Crippen LogP contribution in [0.15, 0.2) is 72.9 Å². The minimum Gasteiger partial charge on any atom is -0.492 e. The van der Waals surface area contributed by atoms with E-state index in [-0.39, 0.29) is 11.9 Å². The van der Waals surface area contributed by atoms with E-state index < -0.39 is 0 Å². The molecule has 0 bridgehead atoms. The van der Waals surface area contributed by atoms with Gasteiger partial charge in [-0.15, -0.1) is 0 Å². The van der Waals surface area contributed by atoms with Gasteiger partial charge in [0.2, 0.25) is 0 Å². The number of fused-ring (bicyclic) bond motifs is 2. The first-order valence-electron chi connectivity index (χ1n) is 12.4. The van der Waals surface area contributed by atoms with Gasteiger partial charge in [-0.05, 0) is 69.4 Å². The molecule has 7 nitrogen and oxygen atoms in total. The van der Waals surface area contributed by atoms with E-state index >= 15 is 0 Å². The SMILES string of the molecule is Cc1ccc(OCCN(C)C)cc1C(=O)NC(C)c1cc(-c2ccc3cn[nH]c3c2)nc2ccccc12. The number of aromatic amines is 1. The van der Waals surface area contributed by atoms with E-state index in [4.69, 9.17) is 9.72 Å². The van der Waals surface area contributed by atoms with Crippen LogP contribution in [0.2, 0.25) is 0 Å². The van der Waals surface area contributed by atoms with Crippen molar-refractivity contribution < 1.29 is 9.53 Å². The summed E-state index contributed by atoms with van der Waals surface area (Å²) in [5, 5.41) is 12.4. The molecular formula is C30H31N5O2. The smallest absolute Gasteiger partial charge is 0.252 e. The lowest BCUT2D eigenvalue weighted by atomic mass is 9.98. The largest absolute Gasteiger partial charge is 0.492 e. The Balaban J connectivity index is 1.44. The number of carbonyl (C=O) groups excluding carboxylic acids is 1. The molecule has 5 aromatic rings. The van der Waals surface area contributed by atoms with E-state index in [1.165, 1.54) is 0 Å². The second-order valence-electron chi connectivity index (χ2n) is 9.61. The van der Waals surface area contributed by atoms with Crippen LogP contribution >= 0.6 is 0 Å². The number of rotatable bonds is 8. The number of nitrogens with zero attached hydrogens (tertiary/aromatic N) is 3. The lowest BCUT2D eigenvalue weighted by Gasteiger charge is -2.19. The topological polar surface area (TPSA) is 83.1 Å². The fraction of sp³-hybridized carbons (Fsp3) is 0.233. The van der Waals surface area contributed by atoms with Crippen LogP contribution in [-0.2, 0) is 0 Å². The van der Waals surface area contributed by atoms with E-state index in [0.717, 1.165) is 50.7 Å². The predicted octanol–water partition coefficient (Wildman–Crippen LogP) is 5.52. The molecule has 1 atom stereocenters. The van der Waals surface area contributed by atoms with Gasteiger partial charge < -0.3 is 15.0 Å². The first kappa shape index (κ1) is 24.5. The molecule has 2 heterocycles. The molecule has 0 fully saturated rings. The highest BCUT2D eigenvalue weighted by atomic mass is 16.5. The molecule has 0 aliphatic carbocycles. The first-order valence-corrected chi connectivity index (χ1v) is 12.4. The Bertz CT molecular complexity index is 1570. The molecule has 188 valence electrons. The van der Waals surface area contributed by atoms with Gasteiger partial charge in [-0.1, -0.05) is 36.4 Å². The average Bonchev–Trinajstić information content (AvgIpc) is 3.36. The molecular weight excluding hydrogens is 462 g/mol. The predicted molar refractivity (Wildman–Crippen MR) is 148 cm³/mol. The summed E-state index contributed by atoms with van der Waals surface area (Å²) in [6.07, 6.45) is 1.81. The number of amides is 1. The Kier molecular flexibility index (Phi) is 6.88. The fourth-order valence-electron chi connectivity index (χ4n) is 4.44. The van der Waals surface area contributed by atoms with Crippen molar-refractivity contribution in [2.75, 3.05) is 27.2 Å². The molecule has 2 N–H and O–H groups in total. The minimum atomic E-state index is -0.243. The molecule has 0 radical (unpaired) electrons. The van der Waals surface area contributed by atoms with E-state index in [1.54, 1.807) is 6.20 Å². The number of benzene rings is 3. The molecule has 1 amide bonds. The van der Waals surface area contributed by atoms with Crippen molar-refractivity contribution in [3.8, 4) is 17.0 Å². The summed E-state index contributed by atoms with van der Waals surface area (Å²) in [5.41, 5.74) is 6.19. The minimum absolute atomic E-state index is 0.135. The zero-order chi connectivity index (χ0) is 25.9. The van der Waals surface area contributed by atoms with Gasteiger partial charge in [-0.2, -0.15) is 5.10 Å². The number of para-hydroxylation sites is 1. The van der Waals surface area contributed by atoms with Crippen LogP contribution in [0.25, 0.3) is 33.1 Å². The summed E-state index contributed by atoms with van der Waals surface area (Å²) < 4.78 is 5.86. The van der Waals surface area contributed by atoms with Crippen LogP contribution in [0, 0.1) is 6.92 Å². The third kappa shape index (κ3) is 5.32. The number of H-pyrrole nitrogens is 1. The van der Waals surface area contributed by atoms with Crippen molar-refractivity contribution in [3.05, 3.63) is 89.6 Å². The van der Waals surface area contributed by atoms with Gasteiger partial charge >= 0.3 is 0 Å². The molecule has 5 rings (SSSR count). The monoisotopic (exact) mass is 493 g/mol. The van der Waals surface area contributed by atoms with Gasteiger partial charge in [0.15, 0.2) is 0 Å². The van der Waals surface area contributed by atoms with Crippen LogP contribution in [0.4, 0.5) is 0 Å². The van der Waals surface area contributed by atoms with Crippen LogP contribution in [0.3, 0.4) is 0 Å². The summed E-state index contributed by atoms with van der Waals surface area (Å²) in [6.45, 7) is 5.31. The number of carbonyl (C=O) groups is 1. The maximum absolute atomic E-state index is 13.4. The molecule has 0 aliphatic heterocycles. The third-order valence-electron chi connectivity index (χ3n) is 6.56. The van der Waals surface area contributed by atoms with Crippen molar-refractivity contribution in [2.24, 2.45) is 0 Å². The van der Waals surface area contributed by atoms with Gasteiger partial charge in [-0.3, -0.25) is 9.89 Å². The summed E-state index contributed by atoms with van der Waals surface area (Å²) in [4.78, 5) is 20.4. The molecule has 0 spiro atoms. The zero-order valence-electron chi connectivity index (χ0n) is 21.6. The maximum atomic E-state index is 13.4. The lowest BCUT2D eigenvalue weighted by molar-refractivity contribution is 0.0939. The second kappa shape index (κ2) is 10.4. The highest BCUT2D eigenvalue weighted by Gasteiger charge is 2.18. The Hall–Kier alpha value is -4.23. The summed E-state index contributed by atoms with van der Waals surface area (Å²) in [6, 6.07) is 21.6. The molecule has 0 saturated carbocycles. The Morgan fingerprint density at radius 2 is 1.92 bits per heavy atom. The highest BCUT2D eigenvalue weighted by molar-refractivity contribution is 5.97. The molecule has 0 aliphatic rings. The third-order valence-corrected chi connectivity index (χ3v) is 6.56. The van der Waals surface area contributed by atoms with Crippen LogP contribution in [-0.4, -0.2) is 53.2 Å². The highest BCUT2D eigenvalue weighted by Crippen LogP contribution is 2.30. The van der Waals surface area contributed by atoms with Gasteiger partial charge in [0.05, 0.1) is 29.0 Å². The summed E-state index contributed by atoms with van der Waals surface area (Å²) in [7, 11) is 4.01. The number of aryl methyl sites for hydroxylation is 1. The number of likely N-dealkylation sites (N-methyl/N-ethyl adjacent to an activating group) is 1. The van der Waals surface area contributed by atoms with Crippen molar-refractivity contribution in [1.29, 1.82) is 0 Å². The van der Waals surface area contributed by atoms with Gasteiger partial charge in [0, 0.05) is 28.4 Å². The maximum Gasteiger partial charge on any atom is 0.252 e. The Labute approximate surface area is 216 Å². The molecule has 1 unspecified atom stereocenters. The van der Waals surface area contributed by atoms with Crippen LogP contribution in [0.1, 0.15) is 34.5 Å². The zero-order valence-corrected chi connectivity index (χ0v) is 21.6. The van der Waals surface area contributed by atoms with Crippen molar-refractivity contribution in [3.63, 3.8) is 0 Å². The fourth-order valence-corrected chi connectivity index (χ4v) is 4.44. The van der Waals surface area contributed by atoms with Crippen LogP contribution < -0.4 is 10.1 Å². The van der Waals surface area contributed by atoms with Crippen molar-refractivity contribution in [2.45, 2.75) is 19.9 Å². The summed E-state index contributed by atoms with van der Waals surface area (Å²) >= 11 is 0. The van der Waals surface area contributed by atoms with E-state index in [2.05, 4.69) is 32.5 Å². The molecule has 37 heavy (non-hydrogen) atoms. The number of ether oxygens (including phenoxy) is 1. The number of hydrogen-bond donors (Lipinski definition) is 2. The molecule has 0 saturated heterocycles. The number of hydrogen-bond acceptors (Lipinski definition) is 5. The second-order valence-corrected chi connectivity index (χ2v) is 9.61. The summed E-state index contributed by atoms with van der Waals surface area (Å²) in [5.74, 6) is 0.556. The number of nitrogens with one attached hydrogen (secondary N) is 2. The van der Waals surface area contributed by atoms with Gasteiger partial charge in [0.25, 0.3) is 5.91 Å². The van der Waals surface area contributed by atoms with Crippen molar-refractivity contribution >= 4 is 27.7 Å². The Morgan fingerprint density at radius 3 is 2.76 bits per heavy atom. The van der Waals surface area contributed by atoms with Gasteiger partial charge in [-0.25, -0.2) is 4.98 Å². The number of pyridine rings is 1. The van der Waals surface area contributed by atoms with E-state index in [1.807, 2.05) is 82.5 Å². The van der Waals surface area contributed by atoms with E-state index in [9.17, 15) is 4.79 Å². The quantitative estimate of drug-likeness (QED) is 0.298. The Morgan fingerprint density at radius 1 is 1.08 bits per heavy atom.